The highest BCUT2D eigenvalue weighted by Gasteiger charge is 2.30. The Kier molecular flexibility index (Phi) is 3.42. The molecule has 22 heavy (non-hydrogen) atoms. The number of rotatable bonds is 2. The zero-order valence-corrected chi connectivity index (χ0v) is 12.4. The fraction of sp³-hybridized carbons (Fsp3) is 0.533. The normalized spacial score (nSPS) is 22.5. The van der Waals surface area contributed by atoms with Gasteiger partial charge in [-0.2, -0.15) is 5.10 Å². The number of carbonyl (C=O) groups excluding carboxylic acids is 1. The predicted molar refractivity (Wildman–Crippen MR) is 80.8 cm³/mol. The lowest BCUT2D eigenvalue weighted by Gasteiger charge is -2.36. The summed E-state index contributed by atoms with van der Waals surface area (Å²) in [5.74, 6) is 1.09. The first-order valence-electron chi connectivity index (χ1n) is 7.77. The number of fused-ring (bicyclic) bond motifs is 1. The third-order valence-corrected chi connectivity index (χ3v) is 4.36. The highest BCUT2D eigenvalue weighted by atomic mass is 16.5. The first-order valence-corrected chi connectivity index (χ1v) is 7.77. The third-order valence-electron chi connectivity index (χ3n) is 4.36. The van der Waals surface area contributed by atoms with Crippen molar-refractivity contribution in [2.24, 2.45) is 0 Å². The highest BCUT2D eigenvalue weighted by Crippen LogP contribution is 2.18. The maximum Gasteiger partial charge on any atom is 0.251 e. The van der Waals surface area contributed by atoms with Crippen LogP contribution < -0.4 is 4.90 Å². The van der Waals surface area contributed by atoms with Crippen molar-refractivity contribution in [1.29, 1.82) is 0 Å². The zero-order valence-electron chi connectivity index (χ0n) is 12.4. The van der Waals surface area contributed by atoms with E-state index in [4.69, 9.17) is 4.74 Å². The third kappa shape index (κ3) is 2.41. The number of hydrogen-bond donors (Lipinski definition) is 0. The fourth-order valence-corrected chi connectivity index (χ4v) is 3.11. The maximum atomic E-state index is 12.3. The lowest BCUT2D eigenvalue weighted by atomic mass is 10.2. The van der Waals surface area contributed by atoms with Crippen molar-refractivity contribution in [3.63, 3.8) is 0 Å². The Labute approximate surface area is 128 Å². The molecule has 7 nitrogen and oxygen atoms in total. The second-order valence-corrected chi connectivity index (χ2v) is 5.73. The van der Waals surface area contributed by atoms with Crippen LogP contribution in [0, 0.1) is 0 Å². The molecule has 116 valence electrons. The Morgan fingerprint density at radius 3 is 2.86 bits per heavy atom. The van der Waals surface area contributed by atoms with Crippen molar-refractivity contribution >= 4 is 17.4 Å². The number of nitrogens with zero attached hydrogens (tertiary/aromatic N) is 5. The lowest BCUT2D eigenvalue weighted by Crippen LogP contribution is -2.51. The molecule has 0 spiro atoms. The minimum absolute atomic E-state index is 0.149. The van der Waals surface area contributed by atoms with Gasteiger partial charge in [0.25, 0.3) is 5.91 Å². The van der Waals surface area contributed by atoms with Gasteiger partial charge in [0.15, 0.2) is 5.65 Å². The van der Waals surface area contributed by atoms with E-state index < -0.39 is 0 Å². The molecule has 7 heteroatoms. The Hall–Kier alpha value is -2.15. The van der Waals surface area contributed by atoms with Crippen LogP contribution in [0.1, 0.15) is 12.8 Å². The quantitative estimate of drug-likeness (QED) is 0.811. The summed E-state index contributed by atoms with van der Waals surface area (Å²) in [7, 11) is 0. The van der Waals surface area contributed by atoms with E-state index in [-0.39, 0.29) is 12.0 Å². The van der Waals surface area contributed by atoms with E-state index in [1.165, 1.54) is 0 Å². The molecule has 1 amide bonds. The molecule has 2 aromatic rings. The molecule has 4 heterocycles. The van der Waals surface area contributed by atoms with Crippen molar-refractivity contribution < 1.29 is 9.53 Å². The monoisotopic (exact) mass is 301 g/mol. The summed E-state index contributed by atoms with van der Waals surface area (Å²) in [5.41, 5.74) is 0.843. The van der Waals surface area contributed by atoms with Crippen LogP contribution >= 0.6 is 0 Å². The van der Waals surface area contributed by atoms with Crippen molar-refractivity contribution in [2.45, 2.75) is 18.9 Å². The smallest absolute Gasteiger partial charge is 0.251 e. The van der Waals surface area contributed by atoms with E-state index >= 15 is 0 Å². The molecule has 2 aromatic heterocycles. The molecule has 1 unspecified atom stereocenters. The Morgan fingerprint density at radius 2 is 2.09 bits per heavy atom. The largest absolute Gasteiger partial charge is 0.368 e. The van der Waals surface area contributed by atoms with Gasteiger partial charge in [-0.05, 0) is 18.9 Å². The van der Waals surface area contributed by atoms with Gasteiger partial charge in [-0.15, -0.1) is 0 Å². The van der Waals surface area contributed by atoms with Crippen LogP contribution in [-0.4, -0.2) is 64.3 Å². The van der Waals surface area contributed by atoms with E-state index in [9.17, 15) is 4.79 Å². The average molecular weight is 301 g/mol. The molecule has 0 N–H and O–H groups in total. The first kappa shape index (κ1) is 13.5. The number of ether oxygens (including phenoxy) is 1. The van der Waals surface area contributed by atoms with Crippen LogP contribution in [0.3, 0.4) is 0 Å². The molecular formula is C15H19N5O2. The number of carbonyl (C=O) groups is 1. The molecule has 2 saturated heterocycles. The Bertz CT molecular complexity index is 671. The molecule has 0 saturated carbocycles. The van der Waals surface area contributed by atoms with Crippen molar-refractivity contribution in [3.8, 4) is 0 Å². The molecule has 1 atom stereocenters. The molecule has 0 radical (unpaired) electrons. The van der Waals surface area contributed by atoms with Crippen LogP contribution in [0.5, 0.6) is 0 Å². The van der Waals surface area contributed by atoms with Crippen LogP contribution in [-0.2, 0) is 9.53 Å². The summed E-state index contributed by atoms with van der Waals surface area (Å²) in [5, 5.41) is 4.15. The molecule has 4 rings (SSSR count). The van der Waals surface area contributed by atoms with Crippen LogP contribution in [0.4, 0.5) is 5.82 Å². The number of hydrogen-bond acceptors (Lipinski definition) is 5. The SMILES string of the molecule is O=C(C1CCCO1)N1CCN(c2ccn3nccc3n2)CC1. The lowest BCUT2D eigenvalue weighted by molar-refractivity contribution is -0.141. The van der Waals surface area contributed by atoms with Crippen LogP contribution in [0.25, 0.3) is 5.65 Å². The minimum Gasteiger partial charge on any atom is -0.368 e. The number of piperazine rings is 1. The highest BCUT2D eigenvalue weighted by molar-refractivity contribution is 5.81. The maximum absolute atomic E-state index is 12.3. The second kappa shape index (κ2) is 5.57. The summed E-state index contributed by atoms with van der Waals surface area (Å²) >= 11 is 0. The van der Waals surface area contributed by atoms with Crippen molar-refractivity contribution in [2.75, 3.05) is 37.7 Å². The van der Waals surface area contributed by atoms with E-state index in [0.717, 1.165) is 50.5 Å². The van der Waals surface area contributed by atoms with Gasteiger partial charge >= 0.3 is 0 Å². The molecule has 0 aromatic carbocycles. The molecule has 0 bridgehead atoms. The van der Waals surface area contributed by atoms with Gasteiger partial charge in [-0.3, -0.25) is 4.79 Å². The van der Waals surface area contributed by atoms with Crippen molar-refractivity contribution in [1.82, 2.24) is 19.5 Å². The van der Waals surface area contributed by atoms with E-state index in [2.05, 4.69) is 15.0 Å². The average Bonchev–Trinajstić information content (AvgIpc) is 3.25. The van der Waals surface area contributed by atoms with Gasteiger partial charge in [0, 0.05) is 45.0 Å². The van der Waals surface area contributed by atoms with Crippen LogP contribution in [0.2, 0.25) is 0 Å². The van der Waals surface area contributed by atoms with Crippen molar-refractivity contribution in [3.05, 3.63) is 24.5 Å². The van der Waals surface area contributed by atoms with Gasteiger partial charge in [0.05, 0.1) is 6.20 Å². The molecule has 0 aliphatic carbocycles. The fourth-order valence-electron chi connectivity index (χ4n) is 3.11. The topological polar surface area (TPSA) is 63.0 Å². The zero-order chi connectivity index (χ0) is 14.9. The van der Waals surface area contributed by atoms with Gasteiger partial charge in [0.1, 0.15) is 11.9 Å². The van der Waals surface area contributed by atoms with E-state index in [0.29, 0.717) is 6.61 Å². The molecule has 2 aliphatic rings. The Morgan fingerprint density at radius 1 is 1.23 bits per heavy atom. The summed E-state index contributed by atoms with van der Waals surface area (Å²) in [4.78, 5) is 21.1. The first-order chi connectivity index (χ1) is 10.8. The minimum atomic E-state index is -0.215. The number of aromatic nitrogens is 3. The van der Waals surface area contributed by atoms with Gasteiger partial charge in [-0.1, -0.05) is 0 Å². The summed E-state index contributed by atoms with van der Waals surface area (Å²) < 4.78 is 7.24. The van der Waals surface area contributed by atoms with Gasteiger partial charge in [-0.25, -0.2) is 9.50 Å². The summed E-state index contributed by atoms with van der Waals surface area (Å²) in [6.07, 6.45) is 5.29. The molecule has 2 aliphatic heterocycles. The van der Waals surface area contributed by atoms with Crippen LogP contribution in [0.15, 0.2) is 24.5 Å². The standard InChI is InChI=1S/C15H19N5O2/c21-15(12-2-1-11-22-12)19-9-7-18(8-10-19)13-4-6-20-14(17-13)3-5-16-20/h3-6,12H,1-2,7-11H2. The molecule has 2 fully saturated rings. The van der Waals surface area contributed by atoms with E-state index in [1.54, 1.807) is 10.7 Å². The number of anilines is 1. The summed E-state index contributed by atoms with van der Waals surface area (Å²) in [6.45, 7) is 3.77. The molecular weight excluding hydrogens is 282 g/mol. The van der Waals surface area contributed by atoms with E-state index in [1.807, 2.05) is 23.2 Å². The Balaban J connectivity index is 1.41. The summed E-state index contributed by atoms with van der Waals surface area (Å²) in [6, 6.07) is 3.86. The van der Waals surface area contributed by atoms with Gasteiger partial charge < -0.3 is 14.5 Å². The predicted octanol–water partition coefficient (Wildman–Crippen LogP) is 0.557. The number of amides is 1. The van der Waals surface area contributed by atoms with Gasteiger partial charge in [0.2, 0.25) is 0 Å². The second-order valence-electron chi connectivity index (χ2n) is 5.73.